The van der Waals surface area contributed by atoms with Crippen molar-refractivity contribution in [1.29, 1.82) is 0 Å². The van der Waals surface area contributed by atoms with Gasteiger partial charge in [-0.15, -0.1) is 0 Å². The first-order valence-electron chi connectivity index (χ1n) is 42.4. The maximum Gasteiger partial charge on any atom is 0.513 e. The third-order valence-electron chi connectivity index (χ3n) is 11.5. The molecule has 0 unspecified atom stereocenters. The molecule has 2 aromatic carbocycles. The summed E-state index contributed by atoms with van der Waals surface area (Å²) >= 11 is 11.9. The Labute approximate surface area is 476 Å². The number of nitrogens with one attached hydrogen (secondary N) is 4. The van der Waals surface area contributed by atoms with E-state index in [0.717, 1.165) is 50.1 Å². The molecule has 23 heteroatoms. The van der Waals surface area contributed by atoms with E-state index in [1.807, 2.05) is 34.6 Å². The minimum Gasteiger partial charge on any atom is -0.505 e. The maximum absolute atomic E-state index is 14.3. The first-order chi connectivity index (χ1) is 53.9. The van der Waals surface area contributed by atoms with Crippen LogP contribution in [0.4, 0.5) is 14.5 Å². The molecular weight excluding hydrogens is 944 g/mol. The van der Waals surface area contributed by atoms with Crippen molar-refractivity contribution in [3.05, 3.63) is 125 Å². The van der Waals surface area contributed by atoms with Crippen molar-refractivity contribution in [1.82, 2.24) is 65.0 Å². The lowest BCUT2D eigenvalue weighted by Gasteiger charge is -2.32. The molecule has 2 aliphatic rings. The van der Waals surface area contributed by atoms with Crippen LogP contribution in [0.1, 0.15) is 133 Å². The predicted molar refractivity (Wildman–Crippen MR) is 309 cm³/mol. The second-order valence-corrected chi connectivity index (χ2v) is 17.4. The Kier molecular flexibility index (Phi) is 8.84. The second kappa shape index (κ2) is 20.8. The van der Waals surface area contributed by atoms with Gasteiger partial charge in [-0.25, -0.2) is 43.7 Å². The van der Waals surface area contributed by atoms with Crippen LogP contribution >= 0.6 is 23.2 Å². The summed E-state index contributed by atoms with van der Waals surface area (Å²) in [7, 11) is 1.42. The lowest BCUT2D eigenvalue weighted by Crippen LogP contribution is -2.41. The zero-order chi connectivity index (χ0) is 91.2. The van der Waals surface area contributed by atoms with Gasteiger partial charge in [-0.3, -0.25) is 5.10 Å². The van der Waals surface area contributed by atoms with E-state index in [1.165, 1.54) is 36.7 Å². The molecule has 1 fully saturated rings. The van der Waals surface area contributed by atoms with E-state index in [2.05, 4.69) is 70.3 Å². The van der Waals surface area contributed by atoms with Crippen LogP contribution in [0.15, 0.2) is 74.0 Å². The topological polar surface area (TPSA) is 236 Å². The van der Waals surface area contributed by atoms with Crippen LogP contribution in [-0.2, 0) is 22.2 Å². The molecule has 9 aromatic rings. The Morgan fingerprint density at radius 2 is 1.57 bits per heavy atom. The molecule has 8 heterocycles. The molecule has 11 rings (SSSR count). The van der Waals surface area contributed by atoms with Crippen molar-refractivity contribution < 1.29 is 90.3 Å². The van der Waals surface area contributed by atoms with Crippen molar-refractivity contribution >= 4 is 63.5 Å². The molecule has 1 aliphatic heterocycles. The van der Waals surface area contributed by atoms with E-state index in [9.17, 15) is 8.78 Å². The first kappa shape index (κ1) is 29.7. The summed E-state index contributed by atoms with van der Waals surface area (Å²) in [4.78, 5) is 43.1. The SMILES string of the molecule is C.CC1(C)OB(c2cnc[nH]2)OC1(C)C.CCc1cc(F)cc2c1[nH]c1nc(Oc3cnc(C)nc3)nc(-c3cn[nH]c3)c12.CNc1cc(F)cc2c1Cc1nc(Cl)nc(Cl)c1-2.Cc1ncc(O)cn1.[2H][2H].[2H][2H].[2H][2H].[2H][2H].[2H][2H].[2H][2H].[2H][2H].[2H][2H].[2H][2H].[2H][2H].[2H][2H].[2H][2H].[2H][2H].[2H][2H].[2H][2H].[2H][2H].[2H][2H].[2H][2H].[2H][2H].[2H][2H].[2H][2H]. The first-order valence-corrected chi connectivity index (χ1v) is 22.2. The average molecular weight is 1080 g/mol. The van der Waals surface area contributed by atoms with E-state index >= 15 is 0 Å². The van der Waals surface area contributed by atoms with Gasteiger partial charge in [-0.05, 0) is 101 Å². The quantitative estimate of drug-likeness (QED) is 0.0591. The van der Waals surface area contributed by atoms with Gasteiger partial charge in [-0.1, -0.05) is 26.0 Å². The standard InChI is InChI=1S/C20H16FN7O.C12H8Cl2FN3.C9H15BN2O2.C5H6N2O.CH4.21H2/c1-3-11-4-13(21)5-15-16-18(12-6-24-25-7-12)27-20(28-19(16)26-17(11)15)29-14-8-22-10(2)23-9-14;1-16-8-3-5(15)2-7-6(8)4-9-10(7)11(13)18-12(14)17-9;1-8(2)9(3,4)14-10(13-8)7-5-11-6-12-7;1-4-6-2-5(8)3-7-4;;;;;;;;;;;;;;;;;;;;;;/h4-9H,3H2,1-2H3,(H,24,25)(H,26,27,28);2-3,16H,4H2,1H3;5-6H,1-4H3,(H,11,12);2-3,8H,1H3;1H4;21*1H/i;;;;;21*1+1D. The molecule has 18 nitrogen and oxygen atoms in total. The van der Waals surface area contributed by atoms with Gasteiger partial charge in [0.15, 0.2) is 11.5 Å². The Morgan fingerprint density at radius 3 is 2.17 bits per heavy atom. The number of hydrogen-bond donors (Lipinski definition) is 5. The summed E-state index contributed by atoms with van der Waals surface area (Å²) in [5, 5.41) is 20.2. The Morgan fingerprint density at radius 1 is 0.900 bits per heavy atom. The van der Waals surface area contributed by atoms with Crippen LogP contribution in [0.3, 0.4) is 0 Å². The summed E-state index contributed by atoms with van der Waals surface area (Å²) in [6.45, 7) is 13.7. The van der Waals surface area contributed by atoms with Crippen LogP contribution < -0.4 is 15.6 Å². The molecule has 7 aromatic heterocycles. The third-order valence-corrected chi connectivity index (χ3v) is 12.0. The summed E-state index contributed by atoms with van der Waals surface area (Å²) in [5.74, 6) is 1.21. The molecule has 1 saturated heterocycles. The number of H-pyrrole nitrogens is 3. The number of ether oxygens (including phenoxy) is 1. The summed E-state index contributed by atoms with van der Waals surface area (Å²) < 4.78 is 255. The van der Waals surface area contributed by atoms with Gasteiger partial charge in [0, 0.05) is 110 Å². The van der Waals surface area contributed by atoms with E-state index < -0.39 is 0 Å². The number of hydrogen-bond acceptors (Lipinski definition) is 15. The van der Waals surface area contributed by atoms with Crippen LogP contribution in [-0.4, -0.2) is 95.5 Å². The summed E-state index contributed by atoms with van der Waals surface area (Å²) in [5.41, 5.74) is 7.70. The van der Waals surface area contributed by atoms with Crippen molar-refractivity contribution in [2.45, 2.75) is 79.9 Å². The maximum atomic E-state index is 14.3. The summed E-state index contributed by atoms with van der Waals surface area (Å²) in [6, 6.07) is 6.06. The van der Waals surface area contributed by atoms with Crippen LogP contribution in [0.2, 0.25) is 10.4 Å². The number of aryl methyl sites for hydroxylation is 3. The highest BCUT2D eigenvalue weighted by Gasteiger charge is 2.52. The van der Waals surface area contributed by atoms with Gasteiger partial charge in [0.1, 0.15) is 34.1 Å². The van der Waals surface area contributed by atoms with Crippen LogP contribution in [0.25, 0.3) is 44.3 Å². The van der Waals surface area contributed by atoms with Gasteiger partial charge >= 0.3 is 13.1 Å². The number of aromatic hydroxyl groups is 1. The number of fused-ring (bicyclic) bond motifs is 6. The monoisotopic (exact) mass is 1080 g/mol. The number of rotatable bonds is 6. The van der Waals surface area contributed by atoms with E-state index in [4.69, 9.17) is 105 Å². The summed E-state index contributed by atoms with van der Waals surface area (Å²) in [6.07, 6.45) is 13.8. The van der Waals surface area contributed by atoms with Crippen molar-refractivity contribution in [3.8, 4) is 39.9 Å². The molecule has 5 N–H and O–H groups in total. The zero-order valence-electron chi connectivity index (χ0n) is 80.6. The lowest BCUT2D eigenvalue weighted by molar-refractivity contribution is 0.00578. The minimum absolute atomic E-state index is 0. The highest BCUT2D eigenvalue weighted by molar-refractivity contribution is 6.61. The van der Waals surface area contributed by atoms with Gasteiger partial charge in [-0.2, -0.15) is 15.1 Å². The van der Waals surface area contributed by atoms with E-state index in [-0.39, 0.29) is 59.6 Å². The van der Waals surface area contributed by atoms with E-state index in [0.29, 0.717) is 52.5 Å². The number of benzene rings is 2. The Hall–Kier alpha value is -7.20. The lowest BCUT2D eigenvalue weighted by atomic mass is 9.86. The van der Waals surface area contributed by atoms with Gasteiger partial charge in [0.2, 0.25) is 5.28 Å². The number of aromatic nitrogens is 13. The minimum atomic E-state index is -0.331. The van der Waals surface area contributed by atoms with Gasteiger partial charge in [0.05, 0.1) is 76.4 Å². The molecule has 70 heavy (non-hydrogen) atoms. The molecule has 0 radical (unpaired) electrons. The number of nitrogens with zero attached hydrogens (tertiary/aromatic N) is 10. The fourth-order valence-electron chi connectivity index (χ4n) is 7.40. The average Bonchev–Trinajstić information content (AvgIpc) is 1.59. The van der Waals surface area contributed by atoms with E-state index in [1.54, 1.807) is 58.2 Å². The fraction of sp³-hybridized carbons (Fsp3) is 0.277. The van der Waals surface area contributed by atoms with Crippen LogP contribution in [0, 0.1) is 25.5 Å². The van der Waals surface area contributed by atoms with Crippen molar-refractivity contribution in [2.24, 2.45) is 0 Å². The molecular formula is C47H91BCl2F2N14O4. The predicted octanol–water partition coefficient (Wildman–Crippen LogP) is 14.6. The largest absolute Gasteiger partial charge is 0.513 e. The Bertz CT molecular complexity index is 3320. The molecule has 1 aliphatic carbocycles. The second-order valence-electron chi connectivity index (χ2n) is 16.7. The number of aromatic amines is 3. The molecule has 0 amide bonds. The molecule has 0 atom stereocenters. The molecule has 0 bridgehead atoms. The normalized spacial score (nSPS) is 16.1. The smallest absolute Gasteiger partial charge is 0.505 e. The van der Waals surface area contributed by atoms with Crippen LogP contribution in [0.5, 0.6) is 17.5 Å². The fourth-order valence-corrected chi connectivity index (χ4v) is 7.92. The third kappa shape index (κ3) is 10.8. The molecule has 404 valence electrons. The highest BCUT2D eigenvalue weighted by atomic mass is 35.5. The van der Waals surface area contributed by atoms with Gasteiger partial charge < -0.3 is 34.4 Å². The molecule has 0 spiro atoms. The van der Waals surface area contributed by atoms with Crippen molar-refractivity contribution in [3.63, 3.8) is 0 Å². The number of imidazole rings is 1. The number of halogens is 4. The zero-order valence-corrected chi connectivity index (χ0v) is 40.1. The van der Waals surface area contributed by atoms with Crippen molar-refractivity contribution in [2.75, 3.05) is 12.4 Å². The number of anilines is 1. The molecule has 0 saturated carbocycles. The highest BCUT2D eigenvalue weighted by Crippen LogP contribution is 2.43. The Balaban J connectivity index is -0.0000000769. The van der Waals surface area contributed by atoms with Gasteiger partial charge in [0.25, 0.3) is 0 Å².